The van der Waals surface area contributed by atoms with E-state index in [1.165, 1.54) is 49.7 Å². The number of aryl methyl sites for hydroxylation is 1. The lowest BCUT2D eigenvalue weighted by molar-refractivity contribution is 0.472. The van der Waals surface area contributed by atoms with Crippen LogP contribution < -0.4 is 0 Å². The zero-order valence-corrected chi connectivity index (χ0v) is 9.63. The predicted octanol–water partition coefficient (Wildman–Crippen LogP) is 4.26. The van der Waals surface area contributed by atoms with Crippen LogP contribution in [-0.4, -0.2) is 0 Å². The monoisotopic (exact) mass is 200 g/mol. The van der Waals surface area contributed by atoms with E-state index in [0.29, 0.717) is 5.92 Å². The Morgan fingerprint density at radius 2 is 2.13 bits per heavy atom. The van der Waals surface area contributed by atoms with Gasteiger partial charge in [-0.3, -0.25) is 0 Å². The SMILES string of the molecule is CCCCCC1[C]c2ccccc2CC1. The fraction of sp³-hybridized carbons (Fsp3) is 0.533. The Hall–Kier alpha value is -0.780. The predicted molar refractivity (Wildman–Crippen MR) is 64.7 cm³/mol. The van der Waals surface area contributed by atoms with E-state index in [1.54, 1.807) is 0 Å². The van der Waals surface area contributed by atoms with Gasteiger partial charge in [0.25, 0.3) is 0 Å². The van der Waals surface area contributed by atoms with Gasteiger partial charge in [0.05, 0.1) is 0 Å². The van der Waals surface area contributed by atoms with E-state index < -0.39 is 0 Å². The van der Waals surface area contributed by atoms with Crippen LogP contribution in [0.3, 0.4) is 0 Å². The first-order valence-corrected chi connectivity index (χ1v) is 6.24. The van der Waals surface area contributed by atoms with Gasteiger partial charge in [-0.15, -0.1) is 0 Å². The smallest absolute Gasteiger partial charge is 0.0201 e. The van der Waals surface area contributed by atoms with Gasteiger partial charge in [0.15, 0.2) is 0 Å². The van der Waals surface area contributed by atoms with E-state index in [0.717, 1.165) is 0 Å². The van der Waals surface area contributed by atoms with Gasteiger partial charge in [0, 0.05) is 6.42 Å². The van der Waals surface area contributed by atoms with Crippen LogP contribution in [0.25, 0.3) is 0 Å². The van der Waals surface area contributed by atoms with E-state index >= 15 is 0 Å². The van der Waals surface area contributed by atoms with Gasteiger partial charge >= 0.3 is 0 Å². The first kappa shape index (κ1) is 10.7. The van der Waals surface area contributed by atoms with Crippen LogP contribution in [0, 0.1) is 12.3 Å². The molecule has 0 saturated heterocycles. The summed E-state index contributed by atoms with van der Waals surface area (Å²) in [7, 11) is 0. The van der Waals surface area contributed by atoms with Crippen LogP contribution in [0.1, 0.15) is 50.2 Å². The van der Waals surface area contributed by atoms with Gasteiger partial charge in [-0.05, 0) is 36.3 Å². The Labute approximate surface area is 93.7 Å². The molecule has 80 valence electrons. The highest BCUT2D eigenvalue weighted by Crippen LogP contribution is 2.30. The lowest BCUT2D eigenvalue weighted by Gasteiger charge is -2.23. The van der Waals surface area contributed by atoms with Crippen molar-refractivity contribution in [1.29, 1.82) is 0 Å². The Morgan fingerprint density at radius 1 is 1.27 bits per heavy atom. The standard InChI is InChI=1S/C15H20/c1-2-3-4-7-13-10-11-14-8-5-6-9-15(14)12-13/h5-6,8-9,13H,2-4,7,10-11H2,1H3. The molecule has 2 radical (unpaired) electrons. The van der Waals surface area contributed by atoms with Crippen LogP contribution in [0.15, 0.2) is 24.3 Å². The fourth-order valence-electron chi connectivity index (χ4n) is 2.36. The molecule has 1 aromatic rings. The minimum Gasteiger partial charge on any atom is -0.0654 e. The van der Waals surface area contributed by atoms with Gasteiger partial charge in [0.1, 0.15) is 0 Å². The molecule has 0 N–H and O–H groups in total. The summed E-state index contributed by atoms with van der Waals surface area (Å²) in [5.41, 5.74) is 2.86. The van der Waals surface area contributed by atoms with E-state index in [2.05, 4.69) is 37.6 Å². The number of hydrogen-bond donors (Lipinski definition) is 0. The van der Waals surface area contributed by atoms with Crippen molar-refractivity contribution in [2.24, 2.45) is 5.92 Å². The quantitative estimate of drug-likeness (QED) is 0.637. The summed E-state index contributed by atoms with van der Waals surface area (Å²) in [6.45, 7) is 2.27. The summed E-state index contributed by atoms with van der Waals surface area (Å²) < 4.78 is 0. The molecule has 1 aromatic carbocycles. The third kappa shape index (κ3) is 2.84. The van der Waals surface area contributed by atoms with Crippen molar-refractivity contribution < 1.29 is 0 Å². The molecular weight excluding hydrogens is 180 g/mol. The van der Waals surface area contributed by atoms with Crippen LogP contribution in [0.2, 0.25) is 0 Å². The zero-order chi connectivity index (χ0) is 10.5. The maximum atomic E-state index is 3.66. The Bertz CT molecular complexity index is 301. The van der Waals surface area contributed by atoms with Crippen molar-refractivity contribution in [3.05, 3.63) is 41.8 Å². The molecule has 1 atom stereocenters. The second-order valence-electron chi connectivity index (χ2n) is 4.53. The van der Waals surface area contributed by atoms with Crippen molar-refractivity contribution >= 4 is 0 Å². The normalized spacial score (nSPS) is 19.9. The molecule has 2 rings (SSSR count). The second-order valence-corrected chi connectivity index (χ2v) is 4.53. The fourth-order valence-corrected chi connectivity index (χ4v) is 2.36. The summed E-state index contributed by atoms with van der Waals surface area (Å²) >= 11 is 0. The van der Waals surface area contributed by atoms with Crippen molar-refractivity contribution in [2.75, 3.05) is 0 Å². The topological polar surface area (TPSA) is 0 Å². The van der Waals surface area contributed by atoms with Crippen molar-refractivity contribution in [3.63, 3.8) is 0 Å². The average Bonchev–Trinajstić information content (AvgIpc) is 2.29. The molecular formula is C15H20. The first-order valence-electron chi connectivity index (χ1n) is 6.24. The van der Waals surface area contributed by atoms with Crippen LogP contribution >= 0.6 is 0 Å². The molecule has 0 heteroatoms. The maximum Gasteiger partial charge on any atom is 0.0201 e. The molecule has 0 aromatic heterocycles. The average molecular weight is 200 g/mol. The van der Waals surface area contributed by atoms with Crippen molar-refractivity contribution in [3.8, 4) is 0 Å². The highest BCUT2D eigenvalue weighted by Gasteiger charge is 2.18. The van der Waals surface area contributed by atoms with Gasteiger partial charge < -0.3 is 0 Å². The van der Waals surface area contributed by atoms with E-state index in [1.807, 2.05) is 0 Å². The molecule has 0 saturated carbocycles. The first-order chi connectivity index (χ1) is 7.40. The van der Waals surface area contributed by atoms with Crippen LogP contribution in [0.5, 0.6) is 0 Å². The summed E-state index contributed by atoms with van der Waals surface area (Å²) in [6, 6.07) is 8.71. The van der Waals surface area contributed by atoms with Crippen LogP contribution in [0.4, 0.5) is 0 Å². The van der Waals surface area contributed by atoms with E-state index in [-0.39, 0.29) is 0 Å². The van der Waals surface area contributed by atoms with E-state index in [9.17, 15) is 0 Å². The molecule has 0 nitrogen and oxygen atoms in total. The van der Waals surface area contributed by atoms with E-state index in [4.69, 9.17) is 0 Å². The van der Waals surface area contributed by atoms with Gasteiger partial charge in [-0.2, -0.15) is 0 Å². The second kappa shape index (κ2) is 5.34. The summed E-state index contributed by atoms with van der Waals surface area (Å²) in [5.74, 6) is 0.714. The molecule has 0 spiro atoms. The summed E-state index contributed by atoms with van der Waals surface area (Å²) in [6.07, 6.45) is 11.6. The van der Waals surface area contributed by atoms with Gasteiger partial charge in [-0.1, -0.05) is 50.5 Å². The third-order valence-corrected chi connectivity index (χ3v) is 3.30. The lowest BCUT2D eigenvalue weighted by Crippen LogP contribution is -2.12. The molecule has 0 fully saturated rings. The third-order valence-electron chi connectivity index (χ3n) is 3.30. The molecule has 0 bridgehead atoms. The number of fused-ring (bicyclic) bond motifs is 1. The highest BCUT2D eigenvalue weighted by atomic mass is 14.2. The molecule has 1 aliphatic rings. The number of hydrogen-bond acceptors (Lipinski definition) is 0. The Morgan fingerprint density at radius 3 is 3.00 bits per heavy atom. The molecule has 1 aliphatic carbocycles. The van der Waals surface area contributed by atoms with Crippen molar-refractivity contribution in [1.82, 2.24) is 0 Å². The minimum atomic E-state index is 0.714. The molecule has 1 unspecified atom stereocenters. The lowest BCUT2D eigenvalue weighted by atomic mass is 9.81. The Kier molecular flexibility index (Phi) is 3.82. The zero-order valence-electron chi connectivity index (χ0n) is 9.63. The molecule has 0 heterocycles. The number of unbranched alkanes of at least 4 members (excludes halogenated alkanes) is 2. The molecule has 0 aliphatic heterocycles. The van der Waals surface area contributed by atoms with Gasteiger partial charge in [0.2, 0.25) is 0 Å². The number of benzene rings is 1. The minimum absolute atomic E-state index is 0.714. The summed E-state index contributed by atoms with van der Waals surface area (Å²) in [5, 5.41) is 0. The number of rotatable bonds is 4. The molecule has 0 amide bonds. The van der Waals surface area contributed by atoms with Gasteiger partial charge in [-0.25, -0.2) is 0 Å². The van der Waals surface area contributed by atoms with Crippen LogP contribution in [-0.2, 0) is 6.42 Å². The largest absolute Gasteiger partial charge is 0.0654 e. The highest BCUT2D eigenvalue weighted by molar-refractivity contribution is 5.35. The van der Waals surface area contributed by atoms with Crippen molar-refractivity contribution in [2.45, 2.75) is 45.4 Å². The molecule has 15 heavy (non-hydrogen) atoms. The Balaban J connectivity index is 1.88. The maximum absolute atomic E-state index is 3.66. The summed E-state index contributed by atoms with van der Waals surface area (Å²) in [4.78, 5) is 0.